The van der Waals surface area contributed by atoms with Crippen LogP contribution in [0, 0.1) is 0 Å². The van der Waals surface area contributed by atoms with Gasteiger partial charge in [0.25, 0.3) is 0 Å². The first-order valence-corrected chi connectivity index (χ1v) is 20.3. The molecule has 11 rings (SSSR count). The van der Waals surface area contributed by atoms with Crippen molar-refractivity contribution >= 4 is 60.2 Å². The second-order valence-corrected chi connectivity index (χ2v) is 15.3. The highest BCUT2D eigenvalue weighted by atomic mass is 15.1. The molecule has 59 heavy (non-hydrogen) atoms. The SMILES string of the molecule is c1ccc2cc(-c3ccc(N(c4ccc(-c5ccc6ccccc6c5)cc4)c4cc(-c5cccc6ccccc56)ccc4-c4cccc5ccccc45)cc3)ccc2c1. The summed E-state index contributed by atoms with van der Waals surface area (Å²) in [6.45, 7) is 0. The summed E-state index contributed by atoms with van der Waals surface area (Å²) in [6, 6.07) is 86.5. The molecular weight excluding hydrogens is 711 g/mol. The van der Waals surface area contributed by atoms with Gasteiger partial charge in [-0.1, -0.05) is 194 Å². The Kier molecular flexibility index (Phi) is 8.56. The van der Waals surface area contributed by atoms with Gasteiger partial charge in [0.15, 0.2) is 0 Å². The van der Waals surface area contributed by atoms with Crippen LogP contribution in [-0.2, 0) is 0 Å². The summed E-state index contributed by atoms with van der Waals surface area (Å²) >= 11 is 0. The van der Waals surface area contributed by atoms with Gasteiger partial charge in [-0.3, -0.25) is 0 Å². The van der Waals surface area contributed by atoms with Crippen molar-refractivity contribution in [3.8, 4) is 44.5 Å². The molecule has 0 radical (unpaired) electrons. The highest BCUT2D eigenvalue weighted by molar-refractivity contribution is 6.04. The van der Waals surface area contributed by atoms with Crippen molar-refractivity contribution in [2.45, 2.75) is 0 Å². The van der Waals surface area contributed by atoms with Crippen molar-refractivity contribution in [1.82, 2.24) is 0 Å². The lowest BCUT2D eigenvalue weighted by Crippen LogP contribution is -2.11. The summed E-state index contributed by atoms with van der Waals surface area (Å²) in [7, 11) is 0. The molecule has 0 aliphatic carbocycles. The third kappa shape index (κ3) is 6.40. The topological polar surface area (TPSA) is 3.24 Å². The van der Waals surface area contributed by atoms with Gasteiger partial charge in [0.1, 0.15) is 0 Å². The number of anilines is 3. The van der Waals surface area contributed by atoms with Gasteiger partial charge in [0.2, 0.25) is 0 Å². The van der Waals surface area contributed by atoms with Gasteiger partial charge in [-0.15, -0.1) is 0 Å². The number of hydrogen-bond donors (Lipinski definition) is 0. The van der Waals surface area contributed by atoms with Crippen molar-refractivity contribution in [1.29, 1.82) is 0 Å². The molecule has 0 fully saturated rings. The van der Waals surface area contributed by atoms with Crippen LogP contribution in [0.3, 0.4) is 0 Å². The zero-order valence-corrected chi connectivity index (χ0v) is 32.5. The van der Waals surface area contributed by atoms with Gasteiger partial charge in [0.05, 0.1) is 5.69 Å². The fourth-order valence-corrected chi connectivity index (χ4v) is 8.82. The lowest BCUT2D eigenvalue weighted by Gasteiger charge is -2.29. The Hall–Kier alpha value is -7.74. The van der Waals surface area contributed by atoms with Gasteiger partial charge >= 0.3 is 0 Å². The fraction of sp³-hybridized carbons (Fsp3) is 0. The molecular formula is C58H39N. The summed E-state index contributed by atoms with van der Waals surface area (Å²) in [5.41, 5.74) is 12.8. The molecule has 0 atom stereocenters. The molecule has 276 valence electrons. The normalized spacial score (nSPS) is 11.4. The molecule has 0 aromatic heterocycles. The predicted molar refractivity (Wildman–Crippen MR) is 253 cm³/mol. The number of fused-ring (bicyclic) bond motifs is 4. The first-order chi connectivity index (χ1) is 29.2. The van der Waals surface area contributed by atoms with E-state index in [0.29, 0.717) is 0 Å². The fourth-order valence-electron chi connectivity index (χ4n) is 8.82. The van der Waals surface area contributed by atoms with Gasteiger partial charge in [-0.25, -0.2) is 0 Å². The zero-order valence-electron chi connectivity index (χ0n) is 32.5. The van der Waals surface area contributed by atoms with Crippen molar-refractivity contribution < 1.29 is 0 Å². The van der Waals surface area contributed by atoms with Crippen LogP contribution in [-0.4, -0.2) is 0 Å². The van der Waals surface area contributed by atoms with Crippen LogP contribution in [0.25, 0.3) is 87.6 Å². The van der Waals surface area contributed by atoms with E-state index in [9.17, 15) is 0 Å². The zero-order chi connectivity index (χ0) is 39.1. The van der Waals surface area contributed by atoms with Crippen LogP contribution in [0.5, 0.6) is 0 Å². The molecule has 11 aromatic carbocycles. The Morgan fingerprint density at radius 2 is 0.627 bits per heavy atom. The standard InChI is InChI=1S/C58H39N/c1-3-15-46-37-48(25-23-40(46)11-1)42-27-32-51(33-28-42)59(52-34-29-43(30-35-52)49-26-24-41-12-2-4-16-47(41)38-49)58-39-50(55-21-9-17-44-13-5-7-19-53(44)55)31-36-57(58)56-22-10-18-45-14-6-8-20-54(45)56/h1-39H. The number of nitrogens with zero attached hydrogens (tertiary/aromatic N) is 1. The van der Waals surface area contributed by atoms with Crippen LogP contribution in [0.1, 0.15) is 0 Å². The third-order valence-corrected chi connectivity index (χ3v) is 11.8. The Morgan fingerprint density at radius 1 is 0.220 bits per heavy atom. The smallest absolute Gasteiger partial charge is 0.0546 e. The van der Waals surface area contributed by atoms with Crippen molar-refractivity contribution in [3.63, 3.8) is 0 Å². The van der Waals surface area contributed by atoms with E-state index in [1.165, 1.54) is 87.6 Å². The van der Waals surface area contributed by atoms with E-state index in [1.807, 2.05) is 0 Å². The summed E-state index contributed by atoms with van der Waals surface area (Å²) in [5.74, 6) is 0. The average Bonchev–Trinajstić information content (AvgIpc) is 3.31. The molecule has 1 nitrogen and oxygen atoms in total. The van der Waals surface area contributed by atoms with Gasteiger partial charge < -0.3 is 4.90 Å². The summed E-state index contributed by atoms with van der Waals surface area (Å²) < 4.78 is 0. The van der Waals surface area contributed by atoms with Crippen LogP contribution < -0.4 is 4.90 Å². The van der Waals surface area contributed by atoms with Gasteiger partial charge in [-0.05, 0) is 124 Å². The number of hydrogen-bond acceptors (Lipinski definition) is 1. The summed E-state index contributed by atoms with van der Waals surface area (Å²) in [5, 5.41) is 9.91. The van der Waals surface area contributed by atoms with E-state index >= 15 is 0 Å². The Morgan fingerprint density at radius 3 is 1.17 bits per heavy atom. The average molecular weight is 750 g/mol. The molecule has 11 aromatic rings. The first kappa shape index (κ1) is 34.5. The largest absolute Gasteiger partial charge is 0.310 e. The minimum absolute atomic E-state index is 1.09. The van der Waals surface area contributed by atoms with E-state index in [0.717, 1.165) is 17.1 Å². The van der Waals surface area contributed by atoms with Crippen molar-refractivity contribution in [2.24, 2.45) is 0 Å². The Bertz CT molecular complexity index is 3190. The molecule has 0 spiro atoms. The molecule has 0 bridgehead atoms. The Balaban J connectivity index is 1.12. The third-order valence-electron chi connectivity index (χ3n) is 11.8. The molecule has 0 amide bonds. The summed E-state index contributed by atoms with van der Waals surface area (Å²) in [6.07, 6.45) is 0. The Labute approximate surface area is 344 Å². The molecule has 0 unspecified atom stereocenters. The van der Waals surface area contributed by atoms with Gasteiger partial charge in [-0.2, -0.15) is 0 Å². The van der Waals surface area contributed by atoms with Crippen LogP contribution in [0.2, 0.25) is 0 Å². The number of benzene rings is 11. The quantitative estimate of drug-likeness (QED) is 0.157. The minimum Gasteiger partial charge on any atom is -0.310 e. The molecule has 0 N–H and O–H groups in total. The maximum absolute atomic E-state index is 2.44. The van der Waals surface area contributed by atoms with E-state index in [2.05, 4.69) is 241 Å². The molecule has 0 heterocycles. The van der Waals surface area contributed by atoms with E-state index < -0.39 is 0 Å². The van der Waals surface area contributed by atoms with E-state index in [1.54, 1.807) is 0 Å². The number of rotatable bonds is 7. The van der Waals surface area contributed by atoms with E-state index in [-0.39, 0.29) is 0 Å². The van der Waals surface area contributed by atoms with Crippen molar-refractivity contribution in [2.75, 3.05) is 4.90 Å². The minimum atomic E-state index is 1.09. The molecule has 0 aliphatic heterocycles. The molecule has 0 saturated heterocycles. The highest BCUT2D eigenvalue weighted by Crippen LogP contribution is 2.46. The highest BCUT2D eigenvalue weighted by Gasteiger charge is 2.21. The van der Waals surface area contributed by atoms with Crippen LogP contribution >= 0.6 is 0 Å². The maximum atomic E-state index is 2.44. The summed E-state index contributed by atoms with van der Waals surface area (Å²) in [4.78, 5) is 2.44. The maximum Gasteiger partial charge on any atom is 0.0546 e. The lowest BCUT2D eigenvalue weighted by molar-refractivity contribution is 1.28. The van der Waals surface area contributed by atoms with E-state index in [4.69, 9.17) is 0 Å². The monoisotopic (exact) mass is 749 g/mol. The molecule has 1 heteroatoms. The van der Waals surface area contributed by atoms with Crippen LogP contribution in [0.4, 0.5) is 17.1 Å². The first-order valence-electron chi connectivity index (χ1n) is 20.3. The lowest BCUT2D eigenvalue weighted by atomic mass is 9.92. The van der Waals surface area contributed by atoms with Crippen LogP contribution in [0.15, 0.2) is 237 Å². The second-order valence-electron chi connectivity index (χ2n) is 15.3. The molecule has 0 saturated carbocycles. The molecule has 0 aliphatic rings. The van der Waals surface area contributed by atoms with Crippen molar-refractivity contribution in [3.05, 3.63) is 237 Å². The van der Waals surface area contributed by atoms with Gasteiger partial charge in [0, 0.05) is 16.9 Å². The predicted octanol–water partition coefficient (Wildman–Crippen LogP) is 16.4. The second kappa shape index (κ2) is 14.6.